The average Bonchev–Trinajstić information content (AvgIpc) is 2.74. The number of nitrogens with zero attached hydrogens (tertiary/aromatic N) is 3. The van der Waals surface area contributed by atoms with Gasteiger partial charge in [-0.15, -0.1) is 0 Å². The summed E-state index contributed by atoms with van der Waals surface area (Å²) in [6.07, 6.45) is 4.37. The van der Waals surface area contributed by atoms with Gasteiger partial charge in [-0.2, -0.15) is 5.26 Å². The third-order valence-corrected chi connectivity index (χ3v) is 3.87. The van der Waals surface area contributed by atoms with Gasteiger partial charge in [-0.25, -0.2) is 0 Å². The van der Waals surface area contributed by atoms with Crippen molar-refractivity contribution in [3.8, 4) is 6.07 Å². The Labute approximate surface area is 121 Å². The van der Waals surface area contributed by atoms with Gasteiger partial charge in [0.1, 0.15) is 5.92 Å². The maximum absolute atomic E-state index is 12.2. The molecular weight excluding hydrogens is 254 g/mol. The van der Waals surface area contributed by atoms with E-state index in [1.165, 1.54) is 0 Å². The van der Waals surface area contributed by atoms with E-state index in [4.69, 9.17) is 0 Å². The molecule has 1 unspecified atom stereocenters. The van der Waals surface area contributed by atoms with Crippen LogP contribution in [0, 0.1) is 17.2 Å². The molecule has 0 spiro atoms. The van der Waals surface area contributed by atoms with Gasteiger partial charge in [0.25, 0.3) is 0 Å². The zero-order valence-corrected chi connectivity index (χ0v) is 12.6. The minimum atomic E-state index is -0.842. The molecule has 0 N–H and O–H groups in total. The molecule has 1 heterocycles. The van der Waals surface area contributed by atoms with Crippen LogP contribution in [0.4, 0.5) is 0 Å². The van der Waals surface area contributed by atoms with Gasteiger partial charge in [0.2, 0.25) is 11.8 Å². The van der Waals surface area contributed by atoms with Crippen molar-refractivity contribution in [3.63, 3.8) is 0 Å². The van der Waals surface area contributed by atoms with Gasteiger partial charge in [0.05, 0.1) is 12.5 Å². The van der Waals surface area contributed by atoms with Crippen molar-refractivity contribution in [2.24, 2.45) is 5.92 Å². The molecule has 0 aromatic heterocycles. The normalized spacial score (nSPS) is 16.9. The maximum Gasteiger partial charge on any atom is 0.240 e. The molecule has 0 radical (unpaired) electrons. The average molecular weight is 279 g/mol. The van der Waals surface area contributed by atoms with Crippen LogP contribution in [-0.4, -0.2) is 47.8 Å². The van der Waals surface area contributed by atoms with Crippen molar-refractivity contribution in [2.45, 2.75) is 46.0 Å². The molecule has 5 heteroatoms. The summed E-state index contributed by atoms with van der Waals surface area (Å²) in [5, 5.41) is 9.17. The van der Waals surface area contributed by atoms with Gasteiger partial charge in [-0.05, 0) is 26.7 Å². The highest BCUT2D eigenvalue weighted by Crippen LogP contribution is 2.14. The summed E-state index contributed by atoms with van der Waals surface area (Å²) < 4.78 is 0. The van der Waals surface area contributed by atoms with E-state index in [0.29, 0.717) is 13.1 Å². The highest BCUT2D eigenvalue weighted by atomic mass is 16.2. The monoisotopic (exact) mass is 279 g/mol. The van der Waals surface area contributed by atoms with E-state index in [-0.39, 0.29) is 18.2 Å². The fraction of sp³-hybridized carbons (Fsp3) is 0.800. The van der Waals surface area contributed by atoms with Crippen LogP contribution >= 0.6 is 0 Å². The first kappa shape index (κ1) is 16.5. The van der Waals surface area contributed by atoms with Gasteiger partial charge < -0.3 is 9.80 Å². The van der Waals surface area contributed by atoms with Gasteiger partial charge in [0, 0.05) is 26.2 Å². The lowest BCUT2D eigenvalue weighted by atomic mass is 10.0. The van der Waals surface area contributed by atoms with Crippen molar-refractivity contribution in [1.29, 1.82) is 5.26 Å². The molecule has 5 nitrogen and oxygen atoms in total. The van der Waals surface area contributed by atoms with E-state index in [2.05, 4.69) is 0 Å². The Kier molecular flexibility index (Phi) is 7.06. The largest absolute Gasteiger partial charge is 0.343 e. The van der Waals surface area contributed by atoms with E-state index in [1.54, 1.807) is 4.90 Å². The zero-order valence-electron chi connectivity index (χ0n) is 12.6. The number of carbonyl (C=O) groups is 2. The number of hydrogen-bond acceptors (Lipinski definition) is 3. The molecule has 2 amide bonds. The zero-order chi connectivity index (χ0) is 15.0. The van der Waals surface area contributed by atoms with Crippen LogP contribution in [0.5, 0.6) is 0 Å². The number of rotatable bonds is 5. The Hall–Kier alpha value is -1.57. The van der Waals surface area contributed by atoms with Gasteiger partial charge in [0.15, 0.2) is 0 Å². The van der Waals surface area contributed by atoms with E-state index in [0.717, 1.165) is 38.8 Å². The van der Waals surface area contributed by atoms with Crippen molar-refractivity contribution in [3.05, 3.63) is 0 Å². The third kappa shape index (κ3) is 4.52. The second-order valence-electron chi connectivity index (χ2n) is 5.19. The van der Waals surface area contributed by atoms with Crippen LogP contribution in [0.1, 0.15) is 46.0 Å². The van der Waals surface area contributed by atoms with Crippen LogP contribution in [0.3, 0.4) is 0 Å². The summed E-state index contributed by atoms with van der Waals surface area (Å²) in [5.74, 6) is -1.12. The summed E-state index contributed by atoms with van der Waals surface area (Å²) in [4.78, 5) is 27.8. The summed E-state index contributed by atoms with van der Waals surface area (Å²) in [5.41, 5.74) is 0. The third-order valence-electron chi connectivity index (χ3n) is 3.87. The second-order valence-corrected chi connectivity index (χ2v) is 5.19. The SMILES string of the molecule is CCN(CC)C(=O)C(C#N)CC(=O)N1CCCCCC1. The predicted molar refractivity (Wildman–Crippen MR) is 76.7 cm³/mol. The quantitative estimate of drug-likeness (QED) is 0.770. The molecule has 0 saturated carbocycles. The smallest absolute Gasteiger partial charge is 0.240 e. The van der Waals surface area contributed by atoms with Gasteiger partial charge in [-0.3, -0.25) is 9.59 Å². The van der Waals surface area contributed by atoms with E-state index in [9.17, 15) is 14.9 Å². The molecule has 1 aliphatic heterocycles. The fourth-order valence-electron chi connectivity index (χ4n) is 2.57. The van der Waals surface area contributed by atoms with Crippen molar-refractivity contribution >= 4 is 11.8 Å². The first-order valence-corrected chi connectivity index (χ1v) is 7.60. The molecule has 1 aliphatic rings. The molecule has 1 rings (SSSR count). The van der Waals surface area contributed by atoms with E-state index >= 15 is 0 Å². The fourth-order valence-corrected chi connectivity index (χ4v) is 2.57. The second kappa shape index (κ2) is 8.57. The molecule has 1 saturated heterocycles. The Morgan fingerprint density at radius 2 is 1.70 bits per heavy atom. The summed E-state index contributed by atoms with van der Waals surface area (Å²) in [6, 6.07) is 2.00. The number of likely N-dealkylation sites (tertiary alicyclic amines) is 1. The molecule has 0 bridgehead atoms. The topological polar surface area (TPSA) is 64.4 Å². The number of amides is 2. The molecule has 1 atom stereocenters. The Bertz CT molecular complexity index is 364. The van der Waals surface area contributed by atoms with Crippen molar-refractivity contribution in [1.82, 2.24) is 9.80 Å². The van der Waals surface area contributed by atoms with Crippen LogP contribution in [0.15, 0.2) is 0 Å². The lowest BCUT2D eigenvalue weighted by molar-refractivity contribution is -0.139. The number of nitriles is 1. The number of carbonyl (C=O) groups excluding carboxylic acids is 2. The van der Waals surface area contributed by atoms with Crippen LogP contribution in [-0.2, 0) is 9.59 Å². The van der Waals surface area contributed by atoms with Gasteiger partial charge >= 0.3 is 0 Å². The highest BCUT2D eigenvalue weighted by Gasteiger charge is 2.27. The van der Waals surface area contributed by atoms with E-state index in [1.807, 2.05) is 24.8 Å². The summed E-state index contributed by atoms with van der Waals surface area (Å²) >= 11 is 0. The molecule has 0 aromatic rings. The number of hydrogen-bond donors (Lipinski definition) is 0. The predicted octanol–water partition coefficient (Wildman–Crippen LogP) is 1.79. The van der Waals surface area contributed by atoms with E-state index < -0.39 is 5.92 Å². The Morgan fingerprint density at radius 3 is 2.15 bits per heavy atom. The van der Waals surface area contributed by atoms with Crippen LogP contribution < -0.4 is 0 Å². The maximum atomic E-state index is 12.2. The highest BCUT2D eigenvalue weighted by molar-refractivity contribution is 5.87. The van der Waals surface area contributed by atoms with Crippen LogP contribution in [0.25, 0.3) is 0 Å². The molecule has 112 valence electrons. The first-order chi connectivity index (χ1) is 9.63. The molecule has 20 heavy (non-hydrogen) atoms. The Morgan fingerprint density at radius 1 is 1.15 bits per heavy atom. The lowest BCUT2D eigenvalue weighted by Gasteiger charge is -2.24. The van der Waals surface area contributed by atoms with Crippen molar-refractivity contribution < 1.29 is 9.59 Å². The minimum Gasteiger partial charge on any atom is -0.343 e. The van der Waals surface area contributed by atoms with Gasteiger partial charge in [-0.1, -0.05) is 12.8 Å². The molecule has 1 fully saturated rings. The standard InChI is InChI=1S/C15H25N3O2/c1-3-17(4-2)15(20)13(12-16)11-14(19)18-9-7-5-6-8-10-18/h13H,3-11H2,1-2H3. The summed E-state index contributed by atoms with van der Waals surface area (Å²) in [7, 11) is 0. The lowest BCUT2D eigenvalue weighted by Crippen LogP contribution is -2.39. The van der Waals surface area contributed by atoms with Crippen LogP contribution in [0.2, 0.25) is 0 Å². The summed E-state index contributed by atoms with van der Waals surface area (Å²) in [6.45, 7) is 6.43. The molecule has 0 aromatic carbocycles. The first-order valence-electron chi connectivity index (χ1n) is 7.60. The minimum absolute atomic E-state index is 0.0197. The van der Waals surface area contributed by atoms with Crippen molar-refractivity contribution in [2.75, 3.05) is 26.2 Å². The molecule has 0 aliphatic carbocycles. The Balaban J connectivity index is 2.61. The molecular formula is C15H25N3O2.